The summed E-state index contributed by atoms with van der Waals surface area (Å²) in [6.07, 6.45) is 4.35. The zero-order valence-electron chi connectivity index (χ0n) is 11.0. The molecule has 1 atom stereocenters. The van der Waals surface area contributed by atoms with Crippen LogP contribution in [0.2, 0.25) is 0 Å². The van der Waals surface area contributed by atoms with Crippen molar-refractivity contribution in [2.24, 2.45) is 5.92 Å². The Morgan fingerprint density at radius 1 is 1.39 bits per heavy atom. The number of ether oxygens (including phenoxy) is 1. The summed E-state index contributed by atoms with van der Waals surface area (Å²) in [5, 5.41) is 3.35. The number of halogens is 1. The molecule has 1 aliphatic heterocycles. The zero-order valence-corrected chi connectivity index (χ0v) is 11.0. The van der Waals surface area contributed by atoms with Crippen LogP contribution in [0.5, 0.6) is 0 Å². The maximum Gasteiger partial charge on any atom is 0.123 e. The molecule has 18 heavy (non-hydrogen) atoms. The first-order valence-corrected chi connectivity index (χ1v) is 6.77. The molecule has 0 aromatic heterocycles. The zero-order chi connectivity index (χ0) is 12.8. The van der Waals surface area contributed by atoms with E-state index in [2.05, 4.69) is 5.32 Å². The standard InChI is InChI=1S/C15H22FNO/c1-17-15(10-12-5-7-18-8-6-12)11-13-3-2-4-14(16)9-13/h2-4,9,12,15,17H,5-8,10-11H2,1H3. The highest BCUT2D eigenvalue weighted by atomic mass is 19.1. The molecule has 0 spiro atoms. The molecule has 3 heteroatoms. The Labute approximate surface area is 109 Å². The van der Waals surface area contributed by atoms with E-state index in [9.17, 15) is 4.39 Å². The van der Waals surface area contributed by atoms with Crippen LogP contribution >= 0.6 is 0 Å². The molecule has 0 bridgehead atoms. The van der Waals surface area contributed by atoms with Crippen LogP contribution in [0.4, 0.5) is 4.39 Å². The van der Waals surface area contributed by atoms with Gasteiger partial charge in [0, 0.05) is 19.3 Å². The van der Waals surface area contributed by atoms with Crippen molar-refractivity contribution in [2.75, 3.05) is 20.3 Å². The first-order chi connectivity index (χ1) is 8.78. The number of hydrogen-bond acceptors (Lipinski definition) is 2. The van der Waals surface area contributed by atoms with Crippen LogP contribution in [0.1, 0.15) is 24.8 Å². The fraction of sp³-hybridized carbons (Fsp3) is 0.600. The van der Waals surface area contributed by atoms with Crippen molar-refractivity contribution < 1.29 is 9.13 Å². The Balaban J connectivity index is 1.88. The highest BCUT2D eigenvalue weighted by molar-refractivity contribution is 5.17. The van der Waals surface area contributed by atoms with Crippen LogP contribution < -0.4 is 5.32 Å². The Hall–Kier alpha value is -0.930. The average Bonchev–Trinajstić information content (AvgIpc) is 2.39. The molecule has 1 aromatic rings. The summed E-state index contributed by atoms with van der Waals surface area (Å²) in [7, 11) is 1.99. The van der Waals surface area contributed by atoms with Gasteiger partial charge in [0.05, 0.1) is 0 Å². The molecular formula is C15H22FNO. The molecule has 2 rings (SSSR count). The van der Waals surface area contributed by atoms with Gasteiger partial charge in [0.25, 0.3) is 0 Å². The molecule has 1 N–H and O–H groups in total. The SMILES string of the molecule is CNC(Cc1cccc(F)c1)CC1CCOCC1. The van der Waals surface area contributed by atoms with Crippen LogP contribution in [0, 0.1) is 11.7 Å². The summed E-state index contributed by atoms with van der Waals surface area (Å²) >= 11 is 0. The van der Waals surface area contributed by atoms with Crippen LogP contribution in [0.15, 0.2) is 24.3 Å². The van der Waals surface area contributed by atoms with Crippen molar-refractivity contribution in [1.82, 2.24) is 5.32 Å². The molecule has 100 valence electrons. The number of likely N-dealkylation sites (N-methyl/N-ethyl adjacent to an activating group) is 1. The van der Waals surface area contributed by atoms with Gasteiger partial charge < -0.3 is 10.1 Å². The maximum absolute atomic E-state index is 13.1. The lowest BCUT2D eigenvalue weighted by Crippen LogP contribution is -2.32. The van der Waals surface area contributed by atoms with Crippen LogP contribution in [0.25, 0.3) is 0 Å². The summed E-state index contributed by atoms with van der Waals surface area (Å²) in [6, 6.07) is 7.34. The van der Waals surface area contributed by atoms with E-state index < -0.39 is 0 Å². The molecular weight excluding hydrogens is 229 g/mol. The second-order valence-electron chi connectivity index (χ2n) is 5.11. The van der Waals surface area contributed by atoms with Crippen molar-refractivity contribution in [3.05, 3.63) is 35.6 Å². The predicted octanol–water partition coefficient (Wildman–Crippen LogP) is 2.77. The smallest absolute Gasteiger partial charge is 0.123 e. The van der Waals surface area contributed by atoms with Crippen molar-refractivity contribution in [1.29, 1.82) is 0 Å². The largest absolute Gasteiger partial charge is 0.381 e. The highest BCUT2D eigenvalue weighted by Gasteiger charge is 2.18. The summed E-state index contributed by atoms with van der Waals surface area (Å²) in [4.78, 5) is 0. The fourth-order valence-corrected chi connectivity index (χ4v) is 2.64. The molecule has 1 unspecified atom stereocenters. The number of hydrogen-bond donors (Lipinski definition) is 1. The van der Waals surface area contributed by atoms with Crippen molar-refractivity contribution in [3.8, 4) is 0 Å². The number of rotatable bonds is 5. The molecule has 0 radical (unpaired) electrons. The second kappa shape index (κ2) is 6.86. The van der Waals surface area contributed by atoms with Gasteiger partial charge >= 0.3 is 0 Å². The average molecular weight is 251 g/mol. The van der Waals surface area contributed by atoms with E-state index in [-0.39, 0.29) is 5.82 Å². The lowest BCUT2D eigenvalue weighted by Gasteiger charge is -2.26. The van der Waals surface area contributed by atoms with E-state index >= 15 is 0 Å². The van der Waals surface area contributed by atoms with Gasteiger partial charge in [-0.2, -0.15) is 0 Å². The summed E-state index contributed by atoms with van der Waals surface area (Å²) in [5.41, 5.74) is 1.07. The number of benzene rings is 1. The third kappa shape index (κ3) is 4.07. The molecule has 1 heterocycles. The Morgan fingerprint density at radius 2 is 2.17 bits per heavy atom. The quantitative estimate of drug-likeness (QED) is 0.869. The summed E-state index contributed by atoms with van der Waals surface area (Å²) in [6.45, 7) is 1.78. The third-order valence-electron chi connectivity index (χ3n) is 3.74. The Morgan fingerprint density at radius 3 is 2.83 bits per heavy atom. The minimum Gasteiger partial charge on any atom is -0.381 e. The van der Waals surface area contributed by atoms with E-state index in [1.54, 1.807) is 12.1 Å². The molecule has 2 nitrogen and oxygen atoms in total. The second-order valence-corrected chi connectivity index (χ2v) is 5.11. The molecule has 1 saturated heterocycles. The monoisotopic (exact) mass is 251 g/mol. The first-order valence-electron chi connectivity index (χ1n) is 6.77. The van der Waals surface area contributed by atoms with Gasteiger partial charge in [-0.15, -0.1) is 0 Å². The van der Waals surface area contributed by atoms with Gasteiger partial charge in [-0.1, -0.05) is 12.1 Å². The number of nitrogens with one attached hydrogen (secondary N) is 1. The van der Waals surface area contributed by atoms with Gasteiger partial charge in [0.15, 0.2) is 0 Å². The van der Waals surface area contributed by atoms with Crippen molar-refractivity contribution >= 4 is 0 Å². The molecule has 1 aliphatic rings. The summed E-state index contributed by atoms with van der Waals surface area (Å²) < 4.78 is 18.5. The summed E-state index contributed by atoms with van der Waals surface area (Å²) in [5.74, 6) is 0.596. The van der Waals surface area contributed by atoms with E-state index in [4.69, 9.17) is 4.74 Å². The first kappa shape index (κ1) is 13.5. The fourth-order valence-electron chi connectivity index (χ4n) is 2.64. The van der Waals surface area contributed by atoms with Crippen molar-refractivity contribution in [2.45, 2.75) is 31.7 Å². The maximum atomic E-state index is 13.1. The normalized spacial score (nSPS) is 18.8. The molecule has 0 saturated carbocycles. The van der Waals surface area contributed by atoms with Gasteiger partial charge in [-0.05, 0) is 56.3 Å². The lowest BCUT2D eigenvalue weighted by atomic mass is 9.90. The minimum atomic E-state index is -0.145. The van der Waals surface area contributed by atoms with Gasteiger partial charge in [0.1, 0.15) is 5.82 Å². The van der Waals surface area contributed by atoms with Crippen LogP contribution in [-0.2, 0) is 11.2 Å². The Kier molecular flexibility index (Phi) is 5.14. The van der Waals surface area contributed by atoms with E-state index in [0.717, 1.165) is 50.4 Å². The lowest BCUT2D eigenvalue weighted by molar-refractivity contribution is 0.0608. The van der Waals surface area contributed by atoms with E-state index in [0.29, 0.717) is 6.04 Å². The van der Waals surface area contributed by atoms with Crippen LogP contribution in [0.3, 0.4) is 0 Å². The molecule has 1 fully saturated rings. The van der Waals surface area contributed by atoms with Crippen molar-refractivity contribution in [3.63, 3.8) is 0 Å². The minimum absolute atomic E-state index is 0.145. The van der Waals surface area contributed by atoms with Gasteiger partial charge in [-0.25, -0.2) is 4.39 Å². The topological polar surface area (TPSA) is 21.3 Å². The van der Waals surface area contributed by atoms with E-state index in [1.165, 1.54) is 6.07 Å². The van der Waals surface area contributed by atoms with E-state index in [1.807, 2.05) is 13.1 Å². The predicted molar refractivity (Wildman–Crippen MR) is 71.1 cm³/mol. The molecule has 1 aromatic carbocycles. The molecule has 0 amide bonds. The van der Waals surface area contributed by atoms with Gasteiger partial charge in [-0.3, -0.25) is 0 Å². The third-order valence-corrected chi connectivity index (χ3v) is 3.74. The highest BCUT2D eigenvalue weighted by Crippen LogP contribution is 2.21. The molecule has 0 aliphatic carbocycles. The Bertz CT molecular complexity index is 363. The van der Waals surface area contributed by atoms with Gasteiger partial charge in [0.2, 0.25) is 0 Å². The van der Waals surface area contributed by atoms with Crippen LogP contribution in [-0.4, -0.2) is 26.3 Å².